The van der Waals surface area contributed by atoms with E-state index in [1.165, 1.54) is 65.7 Å². The molecule has 0 bridgehead atoms. The first-order chi connectivity index (χ1) is 61.3. The van der Waals surface area contributed by atoms with Gasteiger partial charge in [-0.05, 0) is 108 Å². The van der Waals surface area contributed by atoms with Crippen molar-refractivity contribution in [2.24, 2.45) is 23.3 Å². The van der Waals surface area contributed by atoms with Crippen LogP contribution in [-0.2, 0) is 104 Å². The van der Waals surface area contributed by atoms with Crippen LogP contribution in [0.3, 0.4) is 0 Å². The molecule has 0 spiro atoms. The Morgan fingerprint density at radius 3 is 1.35 bits per heavy atom. The molecule has 13 atom stereocenters. The number of nitrogens with one attached hydrogen (secondary N) is 14. The zero-order valence-corrected chi connectivity index (χ0v) is 75.1. The Hall–Kier alpha value is -12.3. The number of fused-ring (bicyclic) bond motifs is 1. The Balaban J connectivity index is 0.00000782. The fourth-order valence-electron chi connectivity index (χ4n) is 13.2. The van der Waals surface area contributed by atoms with Gasteiger partial charge in [-0.3, -0.25) is 76.7 Å². The quantitative estimate of drug-likeness (QED) is 0.0361. The first-order valence-electron chi connectivity index (χ1n) is 44.0. The number of primary amides is 1. The van der Waals surface area contributed by atoms with Gasteiger partial charge in [-0.2, -0.15) is 13.2 Å². The molecule has 14 amide bonds. The summed E-state index contributed by atoms with van der Waals surface area (Å²) in [6.45, 7) is 11.9. The first-order valence-corrected chi connectivity index (χ1v) is 44.0. The van der Waals surface area contributed by atoms with E-state index in [-0.39, 0.29) is 76.7 Å². The number of benzene rings is 2. The second-order valence-corrected chi connectivity index (χ2v) is 32.5. The van der Waals surface area contributed by atoms with Crippen LogP contribution in [0.2, 0.25) is 0 Å². The minimum Gasteiger partial charge on any atom is -0.481 e. The number of alkyl halides is 3. The molecule has 0 fully saturated rings. The zero-order valence-electron chi connectivity index (χ0n) is 75.1. The lowest BCUT2D eigenvalue weighted by Gasteiger charge is -2.29. The third-order valence-electron chi connectivity index (χ3n) is 21.0. The Morgan fingerprint density at radius 1 is 0.400 bits per heavy atom. The van der Waals surface area contributed by atoms with Crippen LogP contribution in [0.4, 0.5) is 13.2 Å². The number of aromatic amines is 1. The van der Waals surface area contributed by atoms with Gasteiger partial charge in [-0.1, -0.05) is 167 Å². The maximum Gasteiger partial charge on any atom is 0.490 e. The molecule has 0 aliphatic carbocycles. The molecule has 0 radical (unpaired) electrons. The normalized spacial score (nSPS) is 14.2. The number of hydrogen-bond donors (Lipinski definition) is 21. The van der Waals surface area contributed by atoms with E-state index in [4.69, 9.17) is 21.4 Å². The van der Waals surface area contributed by atoms with Crippen LogP contribution in [0.15, 0.2) is 60.8 Å². The molecule has 43 heteroatoms. The highest BCUT2D eigenvalue weighted by molar-refractivity contribution is 6.00. The summed E-state index contributed by atoms with van der Waals surface area (Å²) in [5, 5.41) is 79.4. The highest BCUT2D eigenvalue weighted by atomic mass is 19.4. The summed E-state index contributed by atoms with van der Waals surface area (Å²) in [4.78, 5) is 252. The molecular weight excluding hydrogens is 1710 g/mol. The molecule has 0 unspecified atom stereocenters. The van der Waals surface area contributed by atoms with E-state index in [0.29, 0.717) is 17.5 Å². The summed E-state index contributed by atoms with van der Waals surface area (Å²) in [6.07, 6.45) is 7.05. The number of carbonyl (C=O) groups is 19. The lowest BCUT2D eigenvalue weighted by atomic mass is 9.96. The SMILES string of the molecule is CCCCCCCCCCCCCCCC(=O)N[C@@H](CCC(=O)NCCCC[C@H](NC(=O)[C@H](C)NC(=O)[C@H](C)NC(=O)[C@H](CCC(N)=O)NC(=O)CNC(=O)[C@H](CCC(=O)O)NC(=O)[C@@H](N)CC(C)C)C(=O)N[C@@H](CCC(=O)O)C(=O)N[C@@H](Cc1ccccc1)C(=O)N[C@H](C(=O)N[C@@H](C)C(=O)N[C@@H](Cc1c[nH]c2ccccc12)C(=O)O)[C@@H](C)CC)C(=O)O.O=C(O)C(F)(F)F. The molecule has 0 aliphatic heterocycles. The topological polar surface area (TPSA) is 650 Å². The van der Waals surface area contributed by atoms with E-state index >= 15 is 0 Å². The number of rotatable bonds is 64. The van der Waals surface area contributed by atoms with Crippen LogP contribution in [0.25, 0.3) is 10.9 Å². The largest absolute Gasteiger partial charge is 0.490 e. The minimum absolute atomic E-state index is 0.00287. The summed E-state index contributed by atoms with van der Waals surface area (Å²) in [7, 11) is 0. The van der Waals surface area contributed by atoms with E-state index in [1.807, 2.05) is 0 Å². The average Bonchev–Trinajstić information content (AvgIpc) is 1.65. The van der Waals surface area contributed by atoms with Crippen LogP contribution in [-0.4, -0.2) is 235 Å². The number of carboxylic acid groups (broad SMARTS) is 5. The highest BCUT2D eigenvalue weighted by Gasteiger charge is 2.39. The van der Waals surface area contributed by atoms with Crippen LogP contribution < -0.4 is 80.6 Å². The highest BCUT2D eigenvalue weighted by Crippen LogP contribution is 2.21. The number of aromatic nitrogens is 1. The molecule has 0 saturated heterocycles. The van der Waals surface area contributed by atoms with Gasteiger partial charge < -0.3 is 111 Å². The summed E-state index contributed by atoms with van der Waals surface area (Å²) in [5.74, 6) is -21.6. The minimum atomic E-state index is -5.08. The van der Waals surface area contributed by atoms with Gasteiger partial charge in [0.05, 0.1) is 12.6 Å². The number of aliphatic carboxylic acids is 5. The number of amides is 14. The van der Waals surface area contributed by atoms with Gasteiger partial charge in [-0.25, -0.2) is 14.4 Å². The number of carboxylic acids is 5. The van der Waals surface area contributed by atoms with Crippen molar-refractivity contribution < 1.29 is 130 Å². The van der Waals surface area contributed by atoms with Gasteiger partial charge in [0.15, 0.2) is 0 Å². The lowest BCUT2D eigenvalue weighted by molar-refractivity contribution is -0.192. The van der Waals surface area contributed by atoms with Crippen molar-refractivity contribution in [2.45, 2.75) is 320 Å². The standard InChI is InChI=1S/C85H132N16O22.C2HF3O2/c1-9-11-12-13-14-15-16-17-18-19-20-21-25-35-69(104)95-64(84(120)121)37-41-68(103)88-44-29-28-34-60(96-75(111)53(7)91-74(110)52(6)92-79(115)62(36-40-67(87)102)94-70(105)49-90-78(114)61(38-42-71(106)107)97-77(113)58(86)45-50(3)4)80(116)98-63(39-43-72(108)109)81(117)99-65(46-55-30-23-22-24-31-55)82(118)101-73(51(5)10-2)83(119)93-54(8)76(112)100-66(85(122)123)47-56-48-89-59-33-27-26-32-57(56)59;3-2(4,5)1(6)7/h22-24,26-27,30-33,48,50-54,58,60-66,73,89H,9-21,25,28-29,34-47,49,86H2,1-8H3,(H2,87,102)(H,88,103)(H,90,114)(H,91,110)(H,92,115)(H,93,119)(H,94,105)(H,95,104)(H,96,111)(H,97,113)(H,98,116)(H,99,117)(H,100,112)(H,101,118)(H,106,107)(H,108,109)(H,120,121)(H,122,123);(H,6,7)/t51-,52-,53-,54-,58-,60-,61-,62-,63-,64-,65-,66-,73-;/m0./s1. The van der Waals surface area contributed by atoms with Gasteiger partial charge in [0.25, 0.3) is 0 Å². The monoisotopic (exact) mass is 1840 g/mol. The van der Waals surface area contributed by atoms with Crippen LogP contribution >= 0.6 is 0 Å². The van der Waals surface area contributed by atoms with E-state index in [1.54, 1.807) is 88.5 Å². The maximum absolute atomic E-state index is 14.8. The Labute approximate surface area is 752 Å². The zero-order chi connectivity index (χ0) is 97.8. The number of halogens is 3. The predicted molar refractivity (Wildman–Crippen MR) is 468 cm³/mol. The first kappa shape index (κ1) is 114. The molecule has 0 saturated carbocycles. The molecule has 130 heavy (non-hydrogen) atoms. The Kier molecular flexibility index (Phi) is 53.6. The van der Waals surface area contributed by atoms with E-state index in [0.717, 1.165) is 43.0 Å². The van der Waals surface area contributed by atoms with E-state index < -0.39 is 242 Å². The van der Waals surface area contributed by atoms with Gasteiger partial charge >= 0.3 is 36.0 Å². The van der Waals surface area contributed by atoms with E-state index in [2.05, 4.69) is 81.0 Å². The van der Waals surface area contributed by atoms with Crippen LogP contribution in [0.5, 0.6) is 0 Å². The van der Waals surface area contributed by atoms with Gasteiger partial charge in [0, 0.05) is 68.6 Å². The van der Waals surface area contributed by atoms with Crippen molar-refractivity contribution in [3.8, 4) is 0 Å². The van der Waals surface area contributed by atoms with Crippen molar-refractivity contribution >= 4 is 123 Å². The number of para-hydroxylation sites is 1. The average molecular weight is 1840 g/mol. The summed E-state index contributed by atoms with van der Waals surface area (Å²) in [6, 6.07) is -2.44. The fourth-order valence-corrected chi connectivity index (χ4v) is 13.2. The molecule has 1 heterocycles. The summed E-state index contributed by atoms with van der Waals surface area (Å²) >= 11 is 0. The molecule has 3 rings (SSSR count). The molecular formula is C87H133F3N16O24. The number of hydrogen-bond acceptors (Lipinski definition) is 20. The van der Waals surface area contributed by atoms with Crippen molar-refractivity contribution in [1.82, 2.24) is 74.1 Å². The Morgan fingerprint density at radius 2 is 0.831 bits per heavy atom. The molecule has 726 valence electrons. The van der Waals surface area contributed by atoms with Crippen LogP contribution in [0, 0.1) is 11.8 Å². The molecule has 23 N–H and O–H groups in total. The fraction of sp³-hybridized carbons (Fsp3) is 0.621. The van der Waals surface area contributed by atoms with Gasteiger partial charge in [-0.15, -0.1) is 0 Å². The number of carbonyl (C=O) groups excluding carboxylic acids is 14. The molecule has 40 nitrogen and oxygen atoms in total. The predicted octanol–water partition coefficient (Wildman–Crippen LogP) is 3.23. The molecule has 1 aromatic heterocycles. The second-order valence-electron chi connectivity index (χ2n) is 32.5. The third kappa shape index (κ3) is 47.1. The summed E-state index contributed by atoms with van der Waals surface area (Å²) in [5.41, 5.74) is 13.1. The van der Waals surface area contributed by atoms with Crippen molar-refractivity contribution in [3.05, 3.63) is 71.9 Å². The molecule has 3 aromatic rings. The van der Waals surface area contributed by atoms with Crippen molar-refractivity contribution in [3.63, 3.8) is 0 Å². The molecule has 2 aromatic carbocycles. The smallest absolute Gasteiger partial charge is 0.481 e. The number of H-pyrrole nitrogens is 1. The maximum atomic E-state index is 14.8. The number of unbranched alkanes of at least 4 members (excludes halogenated alkanes) is 13. The second kappa shape index (κ2) is 61.2. The Bertz CT molecular complexity index is 4210. The van der Waals surface area contributed by atoms with Crippen LogP contribution in [0.1, 0.15) is 240 Å². The van der Waals surface area contributed by atoms with Gasteiger partial charge in [0.1, 0.15) is 66.5 Å². The third-order valence-corrected chi connectivity index (χ3v) is 21.0. The van der Waals surface area contributed by atoms with E-state index in [9.17, 15) is 120 Å². The lowest BCUT2D eigenvalue weighted by Crippen LogP contribution is -2.61. The number of nitrogens with two attached hydrogens (primary N) is 2. The summed E-state index contributed by atoms with van der Waals surface area (Å²) < 4.78 is 31.7. The molecule has 0 aliphatic rings. The van der Waals surface area contributed by atoms with Crippen molar-refractivity contribution in [2.75, 3.05) is 13.1 Å². The van der Waals surface area contributed by atoms with Crippen molar-refractivity contribution in [1.29, 1.82) is 0 Å². The van der Waals surface area contributed by atoms with Gasteiger partial charge in [0.2, 0.25) is 82.7 Å².